The zero-order chi connectivity index (χ0) is 14.6. The lowest BCUT2D eigenvalue weighted by atomic mass is 10.1. The van der Waals surface area contributed by atoms with E-state index in [0.29, 0.717) is 5.75 Å². The molecule has 0 spiro atoms. The van der Waals surface area contributed by atoms with Crippen LogP contribution in [-0.2, 0) is 14.6 Å². The number of carboxylic acid groups (broad SMARTS) is 1. The number of hydrogen-bond donors (Lipinski definition) is 1. The third kappa shape index (κ3) is 3.70. The molecule has 0 saturated heterocycles. The number of carbonyl (C=O) groups is 1. The first-order valence-electron chi connectivity index (χ1n) is 5.89. The van der Waals surface area contributed by atoms with Crippen molar-refractivity contribution in [2.75, 3.05) is 7.11 Å². The Morgan fingerprint density at radius 2 is 1.79 bits per heavy atom. The lowest BCUT2D eigenvalue weighted by Gasteiger charge is -2.15. The van der Waals surface area contributed by atoms with Gasteiger partial charge in [-0.05, 0) is 36.6 Å². The summed E-state index contributed by atoms with van der Waals surface area (Å²) in [5, 5.41) is 7.70. The Morgan fingerprint density at radius 1 is 1.26 bits per heavy atom. The molecule has 1 aromatic rings. The van der Waals surface area contributed by atoms with Crippen molar-refractivity contribution in [1.29, 1.82) is 0 Å². The molecule has 0 heterocycles. The minimum absolute atomic E-state index is 0.00125. The first kappa shape index (κ1) is 15.5. The number of rotatable bonds is 6. The van der Waals surface area contributed by atoms with Crippen LogP contribution in [0.5, 0.6) is 5.75 Å². The van der Waals surface area contributed by atoms with Gasteiger partial charge in [0.15, 0.2) is 15.1 Å². The molecular weight excluding hydrogens is 268 g/mol. The maximum atomic E-state index is 12.3. The van der Waals surface area contributed by atoms with Crippen LogP contribution >= 0.6 is 0 Å². The van der Waals surface area contributed by atoms with E-state index < -0.39 is 21.1 Å². The Kier molecular flexibility index (Phi) is 4.94. The Balaban J connectivity index is 3.15. The Labute approximate surface area is 113 Å². The normalized spacial score (nSPS) is 13.3. The van der Waals surface area contributed by atoms with Crippen molar-refractivity contribution < 1.29 is 23.1 Å². The first-order valence-corrected chi connectivity index (χ1v) is 7.44. The van der Waals surface area contributed by atoms with Crippen LogP contribution < -0.4 is 4.74 Å². The van der Waals surface area contributed by atoms with Crippen LogP contribution in [0.25, 0.3) is 0 Å². The van der Waals surface area contributed by atoms with Crippen molar-refractivity contribution in [3.8, 4) is 5.75 Å². The summed E-state index contributed by atoms with van der Waals surface area (Å²) in [7, 11) is -2.40. The molecule has 106 valence electrons. The second kappa shape index (κ2) is 6.06. The van der Waals surface area contributed by atoms with Crippen LogP contribution in [-0.4, -0.2) is 31.9 Å². The largest absolute Gasteiger partial charge is 0.497 e. The maximum Gasteiger partial charge on any atom is 0.322 e. The van der Waals surface area contributed by atoms with Gasteiger partial charge >= 0.3 is 5.97 Å². The number of ether oxygens (including phenoxy) is 1. The highest BCUT2D eigenvalue weighted by atomic mass is 32.2. The van der Waals surface area contributed by atoms with Gasteiger partial charge in [-0.25, -0.2) is 8.42 Å². The number of aliphatic carboxylic acids is 1. The van der Waals surface area contributed by atoms with E-state index in [1.165, 1.54) is 31.4 Å². The molecular formula is C13H18O5S. The van der Waals surface area contributed by atoms with E-state index in [9.17, 15) is 13.2 Å². The molecule has 0 fully saturated rings. The summed E-state index contributed by atoms with van der Waals surface area (Å²) in [6, 6.07) is 5.73. The highest BCUT2D eigenvalue weighted by Gasteiger charge is 2.34. The standard InChI is InChI=1S/C13H18O5S/c1-9(2)8-12(13(14)15)19(16,17)11-6-4-10(18-3)5-7-11/h4-7,9,12H,8H2,1-3H3,(H,14,15). The van der Waals surface area contributed by atoms with Crippen molar-refractivity contribution >= 4 is 15.8 Å². The molecule has 0 aromatic heterocycles. The summed E-state index contributed by atoms with van der Waals surface area (Å²) in [6.45, 7) is 3.58. The minimum Gasteiger partial charge on any atom is -0.497 e. The number of methoxy groups -OCH3 is 1. The van der Waals surface area contributed by atoms with Crippen LogP contribution in [0.3, 0.4) is 0 Å². The lowest BCUT2D eigenvalue weighted by molar-refractivity contribution is -0.136. The van der Waals surface area contributed by atoms with Crippen molar-refractivity contribution in [1.82, 2.24) is 0 Å². The molecule has 1 unspecified atom stereocenters. The van der Waals surface area contributed by atoms with Gasteiger partial charge in [0.1, 0.15) is 5.75 Å². The van der Waals surface area contributed by atoms with Crippen molar-refractivity contribution in [3.63, 3.8) is 0 Å². The molecule has 0 aliphatic heterocycles. The molecule has 6 heteroatoms. The number of carboxylic acids is 1. The van der Waals surface area contributed by atoms with Gasteiger partial charge in [-0.2, -0.15) is 0 Å². The van der Waals surface area contributed by atoms with E-state index in [-0.39, 0.29) is 17.2 Å². The number of sulfone groups is 1. The molecule has 0 amide bonds. The number of benzene rings is 1. The van der Waals surface area contributed by atoms with Crippen LogP contribution in [0.2, 0.25) is 0 Å². The Bertz CT molecular complexity index is 531. The Hall–Kier alpha value is -1.56. The molecule has 1 N–H and O–H groups in total. The van der Waals surface area contributed by atoms with Crippen LogP contribution in [0.1, 0.15) is 20.3 Å². The van der Waals surface area contributed by atoms with Crippen molar-refractivity contribution in [2.24, 2.45) is 5.92 Å². The molecule has 1 rings (SSSR count). The van der Waals surface area contributed by atoms with E-state index in [1.807, 2.05) is 0 Å². The van der Waals surface area contributed by atoms with Gasteiger partial charge < -0.3 is 9.84 Å². The van der Waals surface area contributed by atoms with Crippen LogP contribution in [0.15, 0.2) is 29.2 Å². The van der Waals surface area contributed by atoms with E-state index in [4.69, 9.17) is 9.84 Å². The fourth-order valence-electron chi connectivity index (χ4n) is 1.72. The summed E-state index contributed by atoms with van der Waals surface area (Å²) < 4.78 is 29.5. The average Bonchev–Trinajstić information content (AvgIpc) is 2.35. The topological polar surface area (TPSA) is 80.7 Å². The third-order valence-electron chi connectivity index (χ3n) is 2.72. The van der Waals surface area contributed by atoms with E-state index in [0.717, 1.165) is 0 Å². The monoisotopic (exact) mass is 286 g/mol. The molecule has 0 aliphatic carbocycles. The summed E-state index contributed by atoms with van der Waals surface area (Å²) in [6.07, 6.45) is 0.0870. The highest BCUT2D eigenvalue weighted by Crippen LogP contribution is 2.23. The molecule has 0 radical (unpaired) electrons. The van der Waals surface area contributed by atoms with E-state index in [1.54, 1.807) is 13.8 Å². The summed E-state index contributed by atoms with van der Waals surface area (Å²) in [5.74, 6) is -0.812. The molecule has 0 bridgehead atoms. The second-order valence-electron chi connectivity index (χ2n) is 4.68. The zero-order valence-corrected chi connectivity index (χ0v) is 12.0. The fraction of sp³-hybridized carbons (Fsp3) is 0.462. The molecule has 5 nitrogen and oxygen atoms in total. The van der Waals surface area contributed by atoms with Gasteiger partial charge in [-0.15, -0.1) is 0 Å². The second-order valence-corrected chi connectivity index (χ2v) is 6.81. The maximum absolute atomic E-state index is 12.3. The van der Waals surface area contributed by atoms with Crippen LogP contribution in [0, 0.1) is 5.92 Å². The molecule has 1 atom stereocenters. The predicted molar refractivity (Wildman–Crippen MR) is 71.1 cm³/mol. The third-order valence-corrected chi connectivity index (χ3v) is 4.80. The zero-order valence-electron chi connectivity index (χ0n) is 11.2. The lowest BCUT2D eigenvalue weighted by Crippen LogP contribution is -2.31. The molecule has 1 aromatic carbocycles. The average molecular weight is 286 g/mol. The fourth-order valence-corrected chi connectivity index (χ4v) is 3.47. The van der Waals surface area contributed by atoms with Gasteiger partial charge in [0.25, 0.3) is 0 Å². The van der Waals surface area contributed by atoms with Gasteiger partial charge in [-0.3, -0.25) is 4.79 Å². The molecule has 19 heavy (non-hydrogen) atoms. The SMILES string of the molecule is COc1ccc(S(=O)(=O)C(CC(C)C)C(=O)O)cc1. The predicted octanol–water partition coefficient (Wildman–Crippen LogP) is 1.97. The van der Waals surface area contributed by atoms with Gasteiger partial charge in [-0.1, -0.05) is 13.8 Å². The quantitative estimate of drug-likeness (QED) is 0.864. The van der Waals surface area contributed by atoms with E-state index in [2.05, 4.69) is 0 Å². The number of hydrogen-bond acceptors (Lipinski definition) is 4. The highest BCUT2D eigenvalue weighted by molar-refractivity contribution is 7.92. The van der Waals surface area contributed by atoms with Crippen LogP contribution in [0.4, 0.5) is 0 Å². The Morgan fingerprint density at radius 3 is 2.16 bits per heavy atom. The minimum atomic E-state index is -3.88. The van der Waals surface area contributed by atoms with Gasteiger partial charge in [0.05, 0.1) is 12.0 Å². The smallest absolute Gasteiger partial charge is 0.322 e. The summed E-state index contributed by atoms with van der Waals surface area (Å²) in [4.78, 5) is 11.2. The van der Waals surface area contributed by atoms with Crippen molar-refractivity contribution in [2.45, 2.75) is 30.4 Å². The molecule has 0 saturated carbocycles. The van der Waals surface area contributed by atoms with E-state index >= 15 is 0 Å². The summed E-state index contributed by atoms with van der Waals surface area (Å²) in [5.41, 5.74) is 0. The van der Waals surface area contributed by atoms with Crippen molar-refractivity contribution in [3.05, 3.63) is 24.3 Å². The first-order chi connectivity index (χ1) is 8.78. The molecule has 0 aliphatic rings. The van der Waals surface area contributed by atoms with Gasteiger partial charge in [0.2, 0.25) is 0 Å². The van der Waals surface area contributed by atoms with Gasteiger partial charge in [0, 0.05) is 0 Å². The summed E-state index contributed by atoms with van der Waals surface area (Å²) >= 11 is 0.